The first-order valence-electron chi connectivity index (χ1n) is 5.10. The highest BCUT2D eigenvalue weighted by molar-refractivity contribution is 9.13. The molecule has 0 radical (unpaired) electrons. The number of nitrogens with zero attached hydrogens (tertiary/aromatic N) is 1. The predicted octanol–water partition coefficient (Wildman–Crippen LogP) is 3.71. The number of rotatable bonds is 3. The molecule has 0 fully saturated rings. The first-order valence-corrected chi connectivity index (χ1v) is 6.68. The first-order chi connectivity index (χ1) is 9.06. The Morgan fingerprint density at radius 1 is 1.32 bits per heavy atom. The van der Waals surface area contributed by atoms with Gasteiger partial charge in [0.05, 0.1) is 10.7 Å². The number of carbonyl (C=O) groups excluding carboxylic acids is 1. The Morgan fingerprint density at radius 3 is 2.58 bits per heavy atom. The van der Waals surface area contributed by atoms with E-state index in [-0.39, 0.29) is 0 Å². The number of carbonyl (C=O) groups is 1. The van der Waals surface area contributed by atoms with E-state index in [1.54, 1.807) is 6.07 Å². The fraction of sp³-hybridized carbons (Fsp3) is 0. The van der Waals surface area contributed by atoms with E-state index in [1.165, 1.54) is 30.5 Å². The standard InChI is InChI=1S/C12H7Br2FN2O2/c13-10-5-9(19-11(10)14)6-16-17-12(18)7-1-3-8(15)4-2-7/h1-6H,(H,17,18)/b16-6+. The molecule has 1 heterocycles. The molecule has 1 aromatic carbocycles. The Labute approximate surface area is 124 Å². The maximum atomic E-state index is 12.7. The smallest absolute Gasteiger partial charge is 0.271 e. The van der Waals surface area contributed by atoms with Gasteiger partial charge < -0.3 is 4.42 Å². The van der Waals surface area contributed by atoms with E-state index < -0.39 is 11.7 Å². The van der Waals surface area contributed by atoms with Gasteiger partial charge in [-0.1, -0.05) is 0 Å². The SMILES string of the molecule is O=C(N/N=C/c1cc(Br)c(Br)o1)c1ccc(F)cc1. The Hall–Kier alpha value is -1.47. The van der Waals surface area contributed by atoms with Gasteiger partial charge in [0.2, 0.25) is 0 Å². The predicted molar refractivity (Wildman–Crippen MR) is 75.6 cm³/mol. The van der Waals surface area contributed by atoms with Crippen LogP contribution in [0.4, 0.5) is 4.39 Å². The second kappa shape index (κ2) is 6.12. The third kappa shape index (κ3) is 3.74. The lowest BCUT2D eigenvalue weighted by atomic mass is 10.2. The Morgan fingerprint density at radius 2 is 2.00 bits per heavy atom. The van der Waals surface area contributed by atoms with Crippen LogP contribution in [0.3, 0.4) is 0 Å². The van der Waals surface area contributed by atoms with Gasteiger partial charge >= 0.3 is 0 Å². The number of furan rings is 1. The zero-order chi connectivity index (χ0) is 13.8. The summed E-state index contributed by atoms with van der Waals surface area (Å²) in [6, 6.07) is 6.86. The van der Waals surface area contributed by atoms with Crippen molar-refractivity contribution in [3.8, 4) is 0 Å². The molecular formula is C12H7Br2FN2O2. The van der Waals surface area contributed by atoms with Crippen molar-refractivity contribution in [2.75, 3.05) is 0 Å². The number of hydrogen-bond donors (Lipinski definition) is 1. The molecule has 0 saturated heterocycles. The Balaban J connectivity index is 1.98. The topological polar surface area (TPSA) is 54.6 Å². The monoisotopic (exact) mass is 388 g/mol. The molecule has 2 aromatic rings. The molecule has 19 heavy (non-hydrogen) atoms. The zero-order valence-electron chi connectivity index (χ0n) is 9.36. The van der Waals surface area contributed by atoms with Crippen molar-refractivity contribution in [2.24, 2.45) is 5.10 Å². The lowest BCUT2D eigenvalue weighted by Gasteiger charge is -1.98. The highest BCUT2D eigenvalue weighted by Crippen LogP contribution is 2.25. The summed E-state index contributed by atoms with van der Waals surface area (Å²) in [6.45, 7) is 0. The number of halogens is 3. The van der Waals surface area contributed by atoms with Crippen molar-refractivity contribution >= 4 is 44.0 Å². The van der Waals surface area contributed by atoms with Crippen LogP contribution in [0.2, 0.25) is 0 Å². The van der Waals surface area contributed by atoms with Gasteiger partial charge in [-0.25, -0.2) is 9.82 Å². The third-order valence-electron chi connectivity index (χ3n) is 2.13. The van der Waals surface area contributed by atoms with Crippen molar-refractivity contribution in [3.05, 3.63) is 56.6 Å². The number of benzene rings is 1. The highest BCUT2D eigenvalue weighted by Gasteiger charge is 2.05. The number of hydrazone groups is 1. The van der Waals surface area contributed by atoms with Crippen molar-refractivity contribution in [1.82, 2.24) is 5.43 Å². The summed E-state index contributed by atoms with van der Waals surface area (Å²) < 4.78 is 19.2. The van der Waals surface area contributed by atoms with Gasteiger partial charge in [-0.05, 0) is 56.1 Å². The average Bonchev–Trinajstić information content (AvgIpc) is 2.69. The van der Waals surface area contributed by atoms with Crippen molar-refractivity contribution < 1.29 is 13.6 Å². The maximum absolute atomic E-state index is 12.7. The summed E-state index contributed by atoms with van der Waals surface area (Å²) >= 11 is 6.44. The molecule has 7 heteroatoms. The molecule has 0 saturated carbocycles. The normalized spacial score (nSPS) is 10.9. The van der Waals surface area contributed by atoms with Crippen LogP contribution in [-0.2, 0) is 0 Å². The van der Waals surface area contributed by atoms with Gasteiger partial charge in [0.25, 0.3) is 5.91 Å². The molecule has 0 bridgehead atoms. The van der Waals surface area contributed by atoms with E-state index in [4.69, 9.17) is 4.42 Å². The van der Waals surface area contributed by atoms with E-state index in [2.05, 4.69) is 42.4 Å². The molecule has 0 spiro atoms. The fourth-order valence-electron chi connectivity index (χ4n) is 1.25. The molecule has 0 aliphatic carbocycles. The minimum absolute atomic E-state index is 0.320. The van der Waals surface area contributed by atoms with E-state index in [0.717, 1.165) is 4.47 Å². The minimum atomic E-state index is -0.430. The number of amides is 1. The van der Waals surface area contributed by atoms with Crippen LogP contribution in [0.25, 0.3) is 0 Å². The minimum Gasteiger partial charge on any atom is -0.447 e. The van der Waals surface area contributed by atoms with Gasteiger partial charge in [-0.15, -0.1) is 0 Å². The molecule has 1 aromatic heterocycles. The number of hydrogen-bond acceptors (Lipinski definition) is 3. The lowest BCUT2D eigenvalue weighted by molar-refractivity contribution is 0.0955. The molecule has 0 unspecified atom stereocenters. The second-order valence-electron chi connectivity index (χ2n) is 3.48. The van der Waals surface area contributed by atoms with Crippen LogP contribution in [0.5, 0.6) is 0 Å². The Kier molecular flexibility index (Phi) is 4.49. The molecule has 2 rings (SSSR count). The molecule has 0 aliphatic rings. The molecule has 4 nitrogen and oxygen atoms in total. The van der Waals surface area contributed by atoms with E-state index in [1.807, 2.05) is 0 Å². The largest absolute Gasteiger partial charge is 0.447 e. The average molecular weight is 390 g/mol. The molecule has 1 amide bonds. The van der Waals surface area contributed by atoms with Crippen molar-refractivity contribution in [3.63, 3.8) is 0 Å². The summed E-state index contributed by atoms with van der Waals surface area (Å²) in [5.41, 5.74) is 2.63. The summed E-state index contributed by atoms with van der Waals surface area (Å²) in [5, 5.41) is 3.74. The lowest BCUT2D eigenvalue weighted by Crippen LogP contribution is -2.17. The van der Waals surface area contributed by atoms with Crippen LogP contribution < -0.4 is 5.43 Å². The van der Waals surface area contributed by atoms with Crippen LogP contribution in [0, 0.1) is 5.82 Å². The van der Waals surface area contributed by atoms with E-state index >= 15 is 0 Å². The van der Waals surface area contributed by atoms with Crippen LogP contribution in [-0.4, -0.2) is 12.1 Å². The van der Waals surface area contributed by atoms with Gasteiger partial charge in [0.15, 0.2) is 4.67 Å². The summed E-state index contributed by atoms with van der Waals surface area (Å²) in [5.74, 6) is -0.357. The van der Waals surface area contributed by atoms with Gasteiger partial charge in [-0.3, -0.25) is 4.79 Å². The summed E-state index contributed by atoms with van der Waals surface area (Å²) in [6.07, 6.45) is 1.36. The first kappa shape index (κ1) is 14.0. The van der Waals surface area contributed by atoms with Crippen LogP contribution >= 0.6 is 31.9 Å². The van der Waals surface area contributed by atoms with Crippen LogP contribution in [0.1, 0.15) is 16.1 Å². The van der Waals surface area contributed by atoms with Gasteiger partial charge in [0, 0.05) is 11.6 Å². The van der Waals surface area contributed by atoms with E-state index in [9.17, 15) is 9.18 Å². The zero-order valence-corrected chi connectivity index (χ0v) is 12.5. The second-order valence-corrected chi connectivity index (χ2v) is 5.05. The fourth-order valence-corrected chi connectivity index (χ4v) is 1.86. The maximum Gasteiger partial charge on any atom is 0.271 e. The van der Waals surface area contributed by atoms with Gasteiger partial charge in [-0.2, -0.15) is 5.10 Å². The molecule has 0 aliphatic heterocycles. The van der Waals surface area contributed by atoms with Crippen LogP contribution in [0.15, 0.2) is 49.0 Å². The Bertz CT molecular complexity index is 604. The third-order valence-corrected chi connectivity index (χ3v) is 3.84. The molecular weight excluding hydrogens is 383 g/mol. The summed E-state index contributed by atoms with van der Waals surface area (Å²) in [7, 11) is 0. The molecule has 1 N–H and O–H groups in total. The van der Waals surface area contributed by atoms with Crippen molar-refractivity contribution in [1.29, 1.82) is 0 Å². The molecule has 0 atom stereocenters. The van der Waals surface area contributed by atoms with E-state index in [0.29, 0.717) is 16.0 Å². The van der Waals surface area contributed by atoms with Gasteiger partial charge in [0.1, 0.15) is 11.6 Å². The molecule has 98 valence electrons. The number of nitrogens with one attached hydrogen (secondary N) is 1. The quantitative estimate of drug-likeness (QED) is 0.642. The highest BCUT2D eigenvalue weighted by atomic mass is 79.9. The van der Waals surface area contributed by atoms with Crippen molar-refractivity contribution in [2.45, 2.75) is 0 Å². The summed E-state index contributed by atoms with van der Waals surface area (Å²) in [4.78, 5) is 11.6.